The maximum atomic E-state index is 13.3. The number of aromatic amines is 1. The SMILES string of the molecule is CCn1nc(C(N)(C2=C(CCc3ncc(-c4ccc(F)cn4)[nH]3)C3C=CC=CC3N2)c2noc(C)n2)oc1=O. The van der Waals surface area contributed by atoms with Crippen LogP contribution in [-0.4, -0.2) is 40.9 Å². The van der Waals surface area contributed by atoms with E-state index >= 15 is 0 Å². The molecule has 0 aromatic carbocycles. The highest BCUT2D eigenvalue weighted by molar-refractivity contribution is 5.52. The Hall–Kier alpha value is -4.65. The molecule has 0 radical (unpaired) electrons. The minimum absolute atomic E-state index is 0.0193. The van der Waals surface area contributed by atoms with Crippen LogP contribution >= 0.6 is 0 Å². The van der Waals surface area contributed by atoms with E-state index in [0.29, 0.717) is 42.4 Å². The van der Waals surface area contributed by atoms with Crippen molar-refractivity contribution in [3.8, 4) is 11.4 Å². The second-order valence-electron chi connectivity index (χ2n) is 9.41. The average molecular weight is 532 g/mol. The summed E-state index contributed by atoms with van der Waals surface area (Å²) < 4.78 is 25.3. The Labute approximate surface area is 221 Å². The van der Waals surface area contributed by atoms with Crippen LogP contribution in [0.5, 0.6) is 0 Å². The van der Waals surface area contributed by atoms with E-state index in [2.05, 4.69) is 41.6 Å². The van der Waals surface area contributed by atoms with Gasteiger partial charge in [-0.3, -0.25) is 4.98 Å². The van der Waals surface area contributed by atoms with Gasteiger partial charge in [0.2, 0.25) is 11.7 Å². The fraction of sp³-hybridized carbons (Fsp3) is 0.308. The van der Waals surface area contributed by atoms with Crippen molar-refractivity contribution in [3.05, 3.63) is 99.9 Å². The normalized spacial score (nSPS) is 19.8. The zero-order chi connectivity index (χ0) is 27.1. The lowest BCUT2D eigenvalue weighted by Crippen LogP contribution is -2.47. The number of aromatic nitrogens is 7. The minimum atomic E-state index is -1.61. The van der Waals surface area contributed by atoms with Crippen molar-refractivity contribution in [1.82, 2.24) is 40.2 Å². The lowest BCUT2D eigenvalue weighted by molar-refractivity contribution is 0.344. The van der Waals surface area contributed by atoms with Crippen LogP contribution in [0.15, 0.2) is 73.8 Å². The van der Waals surface area contributed by atoms with Gasteiger partial charge in [-0.05, 0) is 31.1 Å². The molecule has 0 saturated carbocycles. The summed E-state index contributed by atoms with van der Waals surface area (Å²) in [5.74, 6) is 0.0702. The molecule has 0 bridgehead atoms. The molecular formula is C26H26FN9O3. The summed E-state index contributed by atoms with van der Waals surface area (Å²) in [5.41, 5.74) is 8.30. The van der Waals surface area contributed by atoms with Crippen LogP contribution < -0.4 is 16.8 Å². The highest BCUT2D eigenvalue weighted by atomic mass is 19.1. The van der Waals surface area contributed by atoms with E-state index in [1.165, 1.54) is 16.9 Å². The first-order chi connectivity index (χ1) is 18.9. The van der Waals surface area contributed by atoms with Crippen LogP contribution in [-0.2, 0) is 18.5 Å². The summed E-state index contributed by atoms with van der Waals surface area (Å²) in [6.45, 7) is 3.75. The van der Waals surface area contributed by atoms with Gasteiger partial charge in [0.05, 0.1) is 29.8 Å². The molecule has 4 aromatic rings. The third-order valence-corrected chi connectivity index (χ3v) is 6.95. The van der Waals surface area contributed by atoms with Crippen molar-refractivity contribution in [2.45, 2.75) is 44.8 Å². The Kier molecular flexibility index (Phi) is 6.06. The summed E-state index contributed by atoms with van der Waals surface area (Å²) in [6.07, 6.45) is 12.0. The number of hydrogen-bond donors (Lipinski definition) is 3. The predicted molar refractivity (Wildman–Crippen MR) is 136 cm³/mol. The molecule has 39 heavy (non-hydrogen) atoms. The van der Waals surface area contributed by atoms with E-state index in [1.807, 2.05) is 18.2 Å². The third-order valence-electron chi connectivity index (χ3n) is 6.95. The zero-order valence-electron chi connectivity index (χ0n) is 21.3. The molecule has 12 nitrogen and oxygen atoms in total. The van der Waals surface area contributed by atoms with Gasteiger partial charge in [0.1, 0.15) is 11.6 Å². The molecule has 13 heteroatoms. The number of fused-ring (bicyclic) bond motifs is 1. The summed E-state index contributed by atoms with van der Waals surface area (Å²) in [5, 5.41) is 12.0. The zero-order valence-corrected chi connectivity index (χ0v) is 21.3. The van der Waals surface area contributed by atoms with Crippen molar-refractivity contribution < 1.29 is 13.3 Å². The van der Waals surface area contributed by atoms with E-state index in [-0.39, 0.29) is 23.7 Å². The van der Waals surface area contributed by atoms with E-state index < -0.39 is 17.1 Å². The molecule has 0 amide bonds. The van der Waals surface area contributed by atoms with Crippen LogP contribution in [0.1, 0.15) is 36.8 Å². The summed E-state index contributed by atoms with van der Waals surface area (Å²) in [7, 11) is 0. The molecular weight excluding hydrogens is 505 g/mol. The summed E-state index contributed by atoms with van der Waals surface area (Å²) >= 11 is 0. The molecule has 4 aromatic heterocycles. The lowest BCUT2D eigenvalue weighted by atomic mass is 9.84. The van der Waals surface area contributed by atoms with Gasteiger partial charge in [-0.15, -0.1) is 5.10 Å². The maximum Gasteiger partial charge on any atom is 0.437 e. The van der Waals surface area contributed by atoms with Crippen LogP contribution in [0.2, 0.25) is 0 Å². The van der Waals surface area contributed by atoms with Gasteiger partial charge in [0, 0.05) is 31.5 Å². The number of pyridine rings is 1. The molecule has 1 aliphatic carbocycles. The topological polar surface area (TPSA) is 167 Å². The molecule has 1 aliphatic heterocycles. The maximum absolute atomic E-state index is 13.3. The van der Waals surface area contributed by atoms with Gasteiger partial charge in [0.15, 0.2) is 5.54 Å². The highest BCUT2D eigenvalue weighted by Crippen LogP contribution is 2.42. The van der Waals surface area contributed by atoms with E-state index in [9.17, 15) is 9.18 Å². The molecule has 0 spiro atoms. The number of allylic oxidation sites excluding steroid dienone is 2. The fourth-order valence-corrected chi connectivity index (χ4v) is 5.01. The van der Waals surface area contributed by atoms with E-state index in [1.54, 1.807) is 26.1 Å². The van der Waals surface area contributed by atoms with Crippen LogP contribution in [0.3, 0.4) is 0 Å². The highest BCUT2D eigenvalue weighted by Gasteiger charge is 2.50. The number of rotatable bonds is 8. The van der Waals surface area contributed by atoms with Crippen molar-refractivity contribution in [2.24, 2.45) is 11.7 Å². The number of nitrogens with two attached hydrogens (primary N) is 1. The molecule has 3 atom stereocenters. The molecule has 200 valence electrons. The molecule has 0 saturated heterocycles. The quantitative estimate of drug-likeness (QED) is 0.307. The Morgan fingerprint density at radius 3 is 2.74 bits per heavy atom. The molecule has 2 aliphatic rings. The largest absolute Gasteiger partial charge is 0.437 e. The van der Waals surface area contributed by atoms with Crippen LogP contribution in [0.4, 0.5) is 4.39 Å². The Bertz CT molecular complexity index is 1660. The minimum Gasteiger partial charge on any atom is -0.389 e. The van der Waals surface area contributed by atoms with Crippen molar-refractivity contribution in [3.63, 3.8) is 0 Å². The second kappa shape index (κ2) is 9.58. The van der Waals surface area contributed by atoms with Gasteiger partial charge >= 0.3 is 5.76 Å². The predicted octanol–water partition coefficient (Wildman–Crippen LogP) is 2.28. The van der Waals surface area contributed by atoms with Gasteiger partial charge in [0.25, 0.3) is 5.89 Å². The lowest BCUT2D eigenvalue weighted by Gasteiger charge is -2.26. The molecule has 5 heterocycles. The van der Waals surface area contributed by atoms with Gasteiger partial charge in [-0.1, -0.05) is 29.5 Å². The number of imidazole rings is 1. The monoisotopic (exact) mass is 531 g/mol. The molecule has 6 rings (SSSR count). The first-order valence-electron chi connectivity index (χ1n) is 12.6. The summed E-state index contributed by atoms with van der Waals surface area (Å²) in [4.78, 5) is 28.8. The standard InChI is InChI=1S/C26H26FN9O3/c1-3-36-25(37)38-24(34-36)26(28,23-31-14(2)39-35-23)22-17(16-6-4-5-7-18(16)33-22)9-11-21-30-13-20(32-21)19-10-8-15(27)12-29-19/h4-8,10,12-13,16,18,33H,3,9,11,28H2,1-2H3,(H,30,32). The van der Waals surface area contributed by atoms with Gasteiger partial charge < -0.3 is 25.0 Å². The fourth-order valence-electron chi connectivity index (χ4n) is 5.01. The first-order valence-corrected chi connectivity index (χ1v) is 12.6. The molecule has 0 fully saturated rings. The van der Waals surface area contributed by atoms with Crippen molar-refractivity contribution in [1.29, 1.82) is 0 Å². The van der Waals surface area contributed by atoms with Crippen LogP contribution in [0.25, 0.3) is 11.4 Å². The van der Waals surface area contributed by atoms with Crippen molar-refractivity contribution >= 4 is 0 Å². The number of aryl methyl sites for hydroxylation is 3. The first kappa shape index (κ1) is 24.7. The molecule has 4 N–H and O–H groups in total. The smallest absolute Gasteiger partial charge is 0.389 e. The van der Waals surface area contributed by atoms with Gasteiger partial charge in [-0.2, -0.15) is 9.67 Å². The Morgan fingerprint density at radius 1 is 1.18 bits per heavy atom. The van der Waals surface area contributed by atoms with Crippen molar-refractivity contribution in [2.75, 3.05) is 0 Å². The summed E-state index contributed by atoms with van der Waals surface area (Å²) in [6, 6.07) is 2.87. The second-order valence-corrected chi connectivity index (χ2v) is 9.41. The van der Waals surface area contributed by atoms with E-state index in [0.717, 1.165) is 11.4 Å². The number of nitrogens with one attached hydrogen (secondary N) is 2. The van der Waals surface area contributed by atoms with Crippen LogP contribution in [0, 0.1) is 18.7 Å². The number of H-pyrrole nitrogens is 1. The number of nitrogens with zero attached hydrogens (tertiary/aromatic N) is 6. The number of hydrogen-bond acceptors (Lipinski definition) is 10. The third kappa shape index (κ3) is 4.30. The average Bonchev–Trinajstić information content (AvgIpc) is 3.73. The molecule has 3 unspecified atom stereocenters. The Morgan fingerprint density at radius 2 is 2.03 bits per heavy atom. The van der Waals surface area contributed by atoms with Gasteiger partial charge in [-0.25, -0.2) is 14.2 Å². The Balaban J connectivity index is 1.40. The number of halogens is 1. The van der Waals surface area contributed by atoms with E-state index in [4.69, 9.17) is 14.7 Å².